The molecule has 0 saturated carbocycles. The maximum absolute atomic E-state index is 10.6. The summed E-state index contributed by atoms with van der Waals surface area (Å²) in [6, 6.07) is 0. The molecule has 94 valence electrons. The van der Waals surface area contributed by atoms with Gasteiger partial charge in [0.05, 0.1) is 0 Å². The van der Waals surface area contributed by atoms with E-state index in [9.17, 15) is 9.59 Å². The standard InChI is InChI=1S/C16H18O2/c1-15(17)13-11-9-7-5-3-4-6-8-10-12-14-16(2)18/h3-14H,1-2H3. The number of ketones is 2. The highest BCUT2D eigenvalue weighted by molar-refractivity contribution is 5.87. The van der Waals surface area contributed by atoms with Crippen molar-refractivity contribution in [2.45, 2.75) is 13.8 Å². The van der Waals surface area contributed by atoms with Crippen LogP contribution in [-0.4, -0.2) is 11.6 Å². The van der Waals surface area contributed by atoms with E-state index in [1.165, 1.54) is 26.0 Å². The summed E-state index contributed by atoms with van der Waals surface area (Å²) in [4.78, 5) is 21.1. The molecule has 0 fully saturated rings. The third-order valence-corrected chi connectivity index (χ3v) is 1.66. The molecule has 0 amide bonds. The summed E-state index contributed by atoms with van der Waals surface area (Å²) in [5, 5.41) is 0. The smallest absolute Gasteiger partial charge is 0.152 e. The predicted octanol–water partition coefficient (Wildman–Crippen LogP) is 3.50. The van der Waals surface area contributed by atoms with Gasteiger partial charge in [0.1, 0.15) is 0 Å². The van der Waals surface area contributed by atoms with Crippen LogP contribution in [0.3, 0.4) is 0 Å². The molecule has 0 spiro atoms. The highest BCUT2D eigenvalue weighted by Gasteiger charge is 1.76. The third kappa shape index (κ3) is 13.8. The molecule has 18 heavy (non-hydrogen) atoms. The summed E-state index contributed by atoms with van der Waals surface area (Å²) >= 11 is 0. The lowest BCUT2D eigenvalue weighted by Gasteiger charge is -1.76. The summed E-state index contributed by atoms with van der Waals surface area (Å²) in [5.74, 6) is 0.0690. The summed E-state index contributed by atoms with van der Waals surface area (Å²) in [6.07, 6.45) is 21.1. The van der Waals surface area contributed by atoms with Crippen molar-refractivity contribution in [1.82, 2.24) is 0 Å². The summed E-state index contributed by atoms with van der Waals surface area (Å²) in [6.45, 7) is 3.02. The number of hydrogen-bond donors (Lipinski definition) is 0. The molecule has 2 heteroatoms. The molecule has 0 atom stereocenters. The number of carbonyl (C=O) groups is 2. The van der Waals surface area contributed by atoms with Gasteiger partial charge in [0.2, 0.25) is 0 Å². The van der Waals surface area contributed by atoms with Crippen molar-refractivity contribution in [1.29, 1.82) is 0 Å². The molecule has 0 bridgehead atoms. The lowest BCUT2D eigenvalue weighted by molar-refractivity contribution is -0.113. The Labute approximate surface area is 108 Å². The average Bonchev–Trinajstić information content (AvgIpc) is 2.29. The van der Waals surface area contributed by atoms with Crippen molar-refractivity contribution in [3.63, 3.8) is 0 Å². The van der Waals surface area contributed by atoms with Crippen LogP contribution < -0.4 is 0 Å². The Morgan fingerprint density at radius 3 is 0.944 bits per heavy atom. The van der Waals surface area contributed by atoms with Gasteiger partial charge in [0, 0.05) is 0 Å². The molecule has 0 aliphatic rings. The number of allylic oxidation sites excluding steroid dienone is 12. The lowest BCUT2D eigenvalue weighted by atomic mass is 10.3. The third-order valence-electron chi connectivity index (χ3n) is 1.66. The van der Waals surface area contributed by atoms with Crippen LogP contribution in [0.2, 0.25) is 0 Å². The quantitative estimate of drug-likeness (QED) is 0.506. The van der Waals surface area contributed by atoms with E-state index in [0.717, 1.165) is 0 Å². The van der Waals surface area contributed by atoms with Crippen LogP contribution in [0.15, 0.2) is 72.9 Å². The second-order valence-corrected chi connectivity index (χ2v) is 3.48. The Morgan fingerprint density at radius 1 is 0.500 bits per heavy atom. The van der Waals surface area contributed by atoms with Crippen molar-refractivity contribution in [3.8, 4) is 0 Å². The maximum atomic E-state index is 10.6. The van der Waals surface area contributed by atoms with E-state index < -0.39 is 0 Å². The van der Waals surface area contributed by atoms with E-state index in [0.29, 0.717) is 0 Å². The van der Waals surface area contributed by atoms with E-state index in [-0.39, 0.29) is 11.6 Å². The van der Waals surface area contributed by atoms with Crippen molar-refractivity contribution in [2.75, 3.05) is 0 Å². The Bertz CT molecular complexity index is 388. The topological polar surface area (TPSA) is 34.1 Å². The molecule has 0 aliphatic heterocycles. The molecule has 0 unspecified atom stereocenters. The van der Waals surface area contributed by atoms with Gasteiger partial charge in [-0.2, -0.15) is 0 Å². The van der Waals surface area contributed by atoms with Crippen LogP contribution in [0.4, 0.5) is 0 Å². The van der Waals surface area contributed by atoms with E-state index in [1.54, 1.807) is 24.3 Å². The normalized spacial score (nSPS) is 13.2. The maximum Gasteiger partial charge on any atom is 0.152 e. The molecular formula is C16H18O2. The van der Waals surface area contributed by atoms with E-state index >= 15 is 0 Å². The first kappa shape index (κ1) is 15.8. The molecule has 0 heterocycles. The number of rotatable bonds is 7. The van der Waals surface area contributed by atoms with Crippen LogP contribution >= 0.6 is 0 Å². The zero-order valence-electron chi connectivity index (χ0n) is 10.7. The van der Waals surface area contributed by atoms with Gasteiger partial charge in [-0.25, -0.2) is 0 Å². The Kier molecular flexibility index (Phi) is 9.88. The Hall–Kier alpha value is -2.22. The van der Waals surface area contributed by atoms with Gasteiger partial charge in [-0.05, 0) is 26.0 Å². The molecular weight excluding hydrogens is 224 g/mol. The minimum Gasteiger partial charge on any atom is -0.295 e. The van der Waals surface area contributed by atoms with E-state index in [2.05, 4.69) is 0 Å². The van der Waals surface area contributed by atoms with Gasteiger partial charge in [-0.15, -0.1) is 0 Å². The second kappa shape index (κ2) is 11.3. The molecule has 0 radical (unpaired) electrons. The van der Waals surface area contributed by atoms with Gasteiger partial charge in [0.25, 0.3) is 0 Å². The first-order chi connectivity index (χ1) is 8.63. The first-order valence-electron chi connectivity index (χ1n) is 5.65. The fourth-order valence-electron chi connectivity index (χ4n) is 0.895. The zero-order chi connectivity index (χ0) is 13.6. The zero-order valence-corrected chi connectivity index (χ0v) is 10.7. The highest BCUT2D eigenvalue weighted by atomic mass is 16.1. The first-order valence-corrected chi connectivity index (χ1v) is 5.65. The molecule has 0 N–H and O–H groups in total. The molecule has 0 aromatic carbocycles. The van der Waals surface area contributed by atoms with Crippen LogP contribution in [-0.2, 0) is 9.59 Å². The van der Waals surface area contributed by atoms with Crippen LogP contribution in [0.1, 0.15) is 13.8 Å². The second-order valence-electron chi connectivity index (χ2n) is 3.48. The molecule has 0 rings (SSSR count). The van der Waals surface area contributed by atoms with E-state index in [4.69, 9.17) is 0 Å². The highest BCUT2D eigenvalue weighted by Crippen LogP contribution is 1.85. The molecule has 2 nitrogen and oxygen atoms in total. The fraction of sp³-hybridized carbons (Fsp3) is 0.125. The summed E-state index contributed by atoms with van der Waals surface area (Å²) < 4.78 is 0. The van der Waals surface area contributed by atoms with Crippen molar-refractivity contribution in [3.05, 3.63) is 72.9 Å². The van der Waals surface area contributed by atoms with E-state index in [1.807, 2.05) is 36.5 Å². The summed E-state index contributed by atoms with van der Waals surface area (Å²) in [7, 11) is 0. The monoisotopic (exact) mass is 242 g/mol. The van der Waals surface area contributed by atoms with Gasteiger partial charge in [0.15, 0.2) is 11.6 Å². The Balaban J connectivity index is 3.88. The van der Waals surface area contributed by atoms with Crippen LogP contribution in [0.5, 0.6) is 0 Å². The summed E-state index contributed by atoms with van der Waals surface area (Å²) in [5.41, 5.74) is 0. The van der Waals surface area contributed by atoms with Gasteiger partial charge >= 0.3 is 0 Å². The average molecular weight is 242 g/mol. The predicted molar refractivity (Wildman–Crippen MR) is 76.2 cm³/mol. The minimum absolute atomic E-state index is 0.0345. The van der Waals surface area contributed by atoms with Gasteiger partial charge in [-0.3, -0.25) is 9.59 Å². The SMILES string of the molecule is CC(=O)C=CC=CC=CC=CC=CC=CC(C)=O. The minimum atomic E-state index is 0.0345. The van der Waals surface area contributed by atoms with Crippen molar-refractivity contribution < 1.29 is 9.59 Å². The molecule has 0 aromatic rings. The van der Waals surface area contributed by atoms with Gasteiger partial charge < -0.3 is 0 Å². The Morgan fingerprint density at radius 2 is 0.722 bits per heavy atom. The largest absolute Gasteiger partial charge is 0.295 e. The van der Waals surface area contributed by atoms with Crippen LogP contribution in [0, 0.1) is 0 Å². The molecule has 0 aliphatic carbocycles. The van der Waals surface area contributed by atoms with Crippen LogP contribution in [0.25, 0.3) is 0 Å². The van der Waals surface area contributed by atoms with Crippen molar-refractivity contribution >= 4 is 11.6 Å². The van der Waals surface area contributed by atoms with Crippen molar-refractivity contribution in [2.24, 2.45) is 0 Å². The molecule has 0 aromatic heterocycles. The molecule has 0 saturated heterocycles. The number of carbonyl (C=O) groups excluding carboxylic acids is 2. The van der Waals surface area contributed by atoms with Gasteiger partial charge in [-0.1, -0.05) is 60.8 Å². The fourth-order valence-corrected chi connectivity index (χ4v) is 0.895. The lowest BCUT2D eigenvalue weighted by Crippen LogP contribution is -1.77. The number of hydrogen-bond acceptors (Lipinski definition) is 2.